The third-order valence-corrected chi connectivity index (χ3v) is 3.53. The van der Waals surface area contributed by atoms with Crippen LogP contribution < -0.4 is 0 Å². The van der Waals surface area contributed by atoms with E-state index in [1.807, 2.05) is 38.1 Å². The minimum atomic E-state index is 0.0525. The lowest BCUT2D eigenvalue weighted by Crippen LogP contribution is -1.91. The van der Waals surface area contributed by atoms with Crippen LogP contribution in [0.3, 0.4) is 0 Å². The minimum Gasteiger partial charge on any atom is -0.392 e. The number of aliphatic hydroxyl groups is 1. The zero-order valence-corrected chi connectivity index (χ0v) is 10.8. The highest BCUT2D eigenvalue weighted by Crippen LogP contribution is 2.30. The summed E-state index contributed by atoms with van der Waals surface area (Å²) < 4.78 is 0. The topological polar surface area (TPSA) is 20.2 Å². The molecule has 1 nitrogen and oxygen atoms in total. The number of rotatable bonds is 2. The molecule has 0 fully saturated rings. The Labute approximate surface area is 107 Å². The second kappa shape index (κ2) is 4.91. The van der Waals surface area contributed by atoms with Gasteiger partial charge in [-0.15, -0.1) is 0 Å². The first-order valence-corrected chi connectivity index (χ1v) is 5.97. The van der Waals surface area contributed by atoms with Gasteiger partial charge in [-0.3, -0.25) is 0 Å². The molecule has 2 rings (SSSR count). The average Bonchev–Trinajstić information content (AvgIpc) is 2.35. The summed E-state index contributed by atoms with van der Waals surface area (Å²) in [4.78, 5) is 0. The smallest absolute Gasteiger partial charge is 0.0687 e. The van der Waals surface area contributed by atoms with Crippen LogP contribution in [0.1, 0.15) is 16.7 Å². The first kappa shape index (κ1) is 12.2. The summed E-state index contributed by atoms with van der Waals surface area (Å²) in [6.45, 7) is 4.05. The van der Waals surface area contributed by atoms with Gasteiger partial charge >= 0.3 is 0 Å². The molecule has 2 aromatic rings. The lowest BCUT2D eigenvalue weighted by Gasteiger charge is -2.11. The van der Waals surface area contributed by atoms with Crippen molar-refractivity contribution in [1.29, 1.82) is 0 Å². The van der Waals surface area contributed by atoms with Gasteiger partial charge in [0.25, 0.3) is 0 Å². The van der Waals surface area contributed by atoms with Gasteiger partial charge in [0.1, 0.15) is 0 Å². The molecule has 0 heterocycles. The minimum absolute atomic E-state index is 0.0525. The predicted octanol–water partition coefficient (Wildman–Crippen LogP) is 4.12. The van der Waals surface area contributed by atoms with Crippen molar-refractivity contribution in [3.63, 3.8) is 0 Å². The number of hydrogen-bond donors (Lipinski definition) is 1. The van der Waals surface area contributed by atoms with Crippen LogP contribution in [0.4, 0.5) is 0 Å². The molecule has 88 valence electrons. The molecule has 0 aliphatic carbocycles. The number of benzene rings is 2. The third-order valence-electron chi connectivity index (χ3n) is 2.94. The molecule has 1 N–H and O–H groups in total. The van der Waals surface area contributed by atoms with E-state index < -0.39 is 0 Å². The van der Waals surface area contributed by atoms with E-state index in [1.54, 1.807) is 0 Å². The van der Waals surface area contributed by atoms with E-state index in [0.717, 1.165) is 32.8 Å². The van der Waals surface area contributed by atoms with Crippen molar-refractivity contribution in [2.45, 2.75) is 20.5 Å². The molecule has 0 aliphatic heterocycles. The average molecular weight is 247 g/mol. The fourth-order valence-corrected chi connectivity index (χ4v) is 2.15. The molecule has 0 amide bonds. The summed E-state index contributed by atoms with van der Waals surface area (Å²) in [7, 11) is 0. The summed E-state index contributed by atoms with van der Waals surface area (Å²) in [5.41, 5.74) is 5.24. The number of aliphatic hydroxyl groups excluding tert-OH is 1. The predicted molar refractivity (Wildman–Crippen MR) is 72.3 cm³/mol. The van der Waals surface area contributed by atoms with Gasteiger partial charge in [0.15, 0.2) is 0 Å². The van der Waals surface area contributed by atoms with Crippen LogP contribution in [0.15, 0.2) is 36.4 Å². The van der Waals surface area contributed by atoms with Gasteiger partial charge < -0.3 is 5.11 Å². The monoisotopic (exact) mass is 246 g/mol. The molecular weight excluding hydrogens is 232 g/mol. The van der Waals surface area contributed by atoms with Crippen molar-refractivity contribution in [3.8, 4) is 11.1 Å². The van der Waals surface area contributed by atoms with Crippen LogP contribution in [0, 0.1) is 13.8 Å². The van der Waals surface area contributed by atoms with Crippen LogP contribution in [-0.2, 0) is 6.61 Å². The van der Waals surface area contributed by atoms with Gasteiger partial charge in [-0.25, -0.2) is 0 Å². The van der Waals surface area contributed by atoms with Crippen molar-refractivity contribution in [2.75, 3.05) is 0 Å². The third kappa shape index (κ3) is 2.36. The van der Waals surface area contributed by atoms with Crippen molar-refractivity contribution in [3.05, 3.63) is 58.1 Å². The molecule has 0 bridgehead atoms. The molecule has 0 aliphatic rings. The fraction of sp³-hybridized carbons (Fsp3) is 0.200. The summed E-state index contributed by atoms with van der Waals surface area (Å²) >= 11 is 6.16. The Hall–Kier alpha value is -1.31. The number of halogens is 1. The van der Waals surface area contributed by atoms with Crippen LogP contribution in [0.25, 0.3) is 11.1 Å². The van der Waals surface area contributed by atoms with Crippen LogP contribution in [0.5, 0.6) is 0 Å². The van der Waals surface area contributed by atoms with E-state index in [-0.39, 0.29) is 6.61 Å². The van der Waals surface area contributed by atoms with E-state index in [9.17, 15) is 5.11 Å². The quantitative estimate of drug-likeness (QED) is 0.845. The highest BCUT2D eigenvalue weighted by molar-refractivity contribution is 6.32. The fourth-order valence-electron chi connectivity index (χ4n) is 2.04. The maximum Gasteiger partial charge on any atom is 0.0687 e. The van der Waals surface area contributed by atoms with Crippen molar-refractivity contribution in [2.24, 2.45) is 0 Å². The summed E-state index contributed by atoms with van der Waals surface area (Å²) in [5.74, 6) is 0. The van der Waals surface area contributed by atoms with Gasteiger partial charge in [-0.2, -0.15) is 0 Å². The molecule has 0 saturated heterocycles. The number of hydrogen-bond acceptors (Lipinski definition) is 1. The molecular formula is C15H15ClO. The molecule has 0 unspecified atom stereocenters. The van der Waals surface area contributed by atoms with Gasteiger partial charge in [0.2, 0.25) is 0 Å². The van der Waals surface area contributed by atoms with Crippen LogP contribution >= 0.6 is 11.6 Å². The van der Waals surface area contributed by atoms with E-state index in [1.165, 1.54) is 0 Å². The molecule has 0 atom stereocenters. The van der Waals surface area contributed by atoms with Gasteiger partial charge in [-0.05, 0) is 53.8 Å². The SMILES string of the molecule is Cc1cc(-c2ccccc2CO)cc(C)c1Cl. The lowest BCUT2D eigenvalue weighted by molar-refractivity contribution is 0.282. The van der Waals surface area contributed by atoms with Crippen molar-refractivity contribution < 1.29 is 5.11 Å². The standard InChI is InChI=1S/C15H15ClO/c1-10-7-13(8-11(2)15(10)16)14-6-4-3-5-12(14)9-17/h3-8,17H,9H2,1-2H3. The zero-order valence-electron chi connectivity index (χ0n) is 10.00. The van der Waals surface area contributed by atoms with Crippen LogP contribution in [-0.4, -0.2) is 5.11 Å². The highest BCUT2D eigenvalue weighted by atomic mass is 35.5. The highest BCUT2D eigenvalue weighted by Gasteiger charge is 2.07. The second-order valence-corrected chi connectivity index (χ2v) is 4.62. The van der Waals surface area contributed by atoms with E-state index >= 15 is 0 Å². The maximum absolute atomic E-state index is 9.35. The Morgan fingerprint density at radius 3 is 2.24 bits per heavy atom. The van der Waals surface area contributed by atoms with Gasteiger partial charge in [0.05, 0.1) is 6.61 Å². The Bertz CT molecular complexity index is 523. The normalized spacial score (nSPS) is 10.6. The Morgan fingerprint density at radius 2 is 1.65 bits per heavy atom. The van der Waals surface area contributed by atoms with Crippen molar-refractivity contribution in [1.82, 2.24) is 0 Å². The summed E-state index contributed by atoms with van der Waals surface area (Å²) in [6, 6.07) is 12.0. The molecule has 0 spiro atoms. The lowest BCUT2D eigenvalue weighted by atomic mass is 9.97. The molecule has 17 heavy (non-hydrogen) atoms. The molecule has 2 aromatic carbocycles. The first-order chi connectivity index (χ1) is 8.13. The molecule has 0 aromatic heterocycles. The summed E-state index contributed by atoms with van der Waals surface area (Å²) in [6.07, 6.45) is 0. The van der Waals surface area contributed by atoms with E-state index in [0.29, 0.717) is 0 Å². The first-order valence-electron chi connectivity index (χ1n) is 5.59. The Balaban J connectivity index is 2.61. The number of aryl methyl sites for hydroxylation is 2. The molecule has 0 saturated carbocycles. The maximum atomic E-state index is 9.35. The Kier molecular flexibility index (Phi) is 3.51. The van der Waals surface area contributed by atoms with E-state index in [4.69, 9.17) is 11.6 Å². The molecule has 0 radical (unpaired) electrons. The van der Waals surface area contributed by atoms with Gasteiger partial charge in [0, 0.05) is 5.02 Å². The van der Waals surface area contributed by atoms with Crippen LogP contribution in [0.2, 0.25) is 5.02 Å². The second-order valence-electron chi connectivity index (χ2n) is 4.24. The Morgan fingerprint density at radius 1 is 1.06 bits per heavy atom. The van der Waals surface area contributed by atoms with Gasteiger partial charge in [-0.1, -0.05) is 35.9 Å². The van der Waals surface area contributed by atoms with Crippen molar-refractivity contribution >= 4 is 11.6 Å². The largest absolute Gasteiger partial charge is 0.392 e. The summed E-state index contributed by atoms with van der Waals surface area (Å²) in [5, 5.41) is 10.2. The zero-order chi connectivity index (χ0) is 12.4. The van der Waals surface area contributed by atoms with E-state index in [2.05, 4.69) is 12.1 Å². The molecule has 2 heteroatoms.